The van der Waals surface area contributed by atoms with Crippen molar-refractivity contribution in [3.8, 4) is 0 Å². The van der Waals surface area contributed by atoms with Crippen molar-refractivity contribution in [1.82, 2.24) is 10.2 Å². The van der Waals surface area contributed by atoms with E-state index in [1.54, 1.807) is 24.1 Å². The highest BCUT2D eigenvalue weighted by Gasteiger charge is 2.33. The molecule has 0 unspecified atom stereocenters. The number of hydrogen-bond acceptors (Lipinski definition) is 3. The lowest BCUT2D eigenvalue weighted by Gasteiger charge is -2.20. The van der Waals surface area contributed by atoms with Crippen molar-refractivity contribution in [2.75, 3.05) is 7.05 Å². The van der Waals surface area contributed by atoms with Crippen molar-refractivity contribution in [2.24, 2.45) is 11.8 Å². The number of nitrogens with zero attached hydrogens (tertiary/aromatic N) is 1. The molecule has 6 heteroatoms. The van der Waals surface area contributed by atoms with Crippen LogP contribution in [0.2, 0.25) is 0 Å². The SMILES string of the molecule is CC(C)C(=O)N(C)Cc1ccc(C(=O)N[C@@H]2CCC[C@@H]2C(=O)O)cc1. The van der Waals surface area contributed by atoms with Gasteiger partial charge in [-0.15, -0.1) is 0 Å². The van der Waals surface area contributed by atoms with Crippen molar-refractivity contribution in [2.45, 2.75) is 45.7 Å². The number of nitrogens with one attached hydrogen (secondary N) is 1. The third-order valence-electron chi connectivity index (χ3n) is 4.66. The first-order valence-electron chi connectivity index (χ1n) is 8.67. The Morgan fingerprint density at radius 3 is 2.40 bits per heavy atom. The summed E-state index contributed by atoms with van der Waals surface area (Å²) in [5.41, 5.74) is 1.44. The van der Waals surface area contributed by atoms with E-state index in [1.165, 1.54) is 0 Å². The lowest BCUT2D eigenvalue weighted by Crippen LogP contribution is -2.40. The van der Waals surface area contributed by atoms with Crippen LogP contribution in [0, 0.1) is 11.8 Å². The van der Waals surface area contributed by atoms with Crippen molar-refractivity contribution in [3.63, 3.8) is 0 Å². The van der Waals surface area contributed by atoms with Gasteiger partial charge in [-0.2, -0.15) is 0 Å². The average molecular weight is 346 g/mol. The summed E-state index contributed by atoms with van der Waals surface area (Å²) in [5.74, 6) is -1.59. The summed E-state index contributed by atoms with van der Waals surface area (Å²) < 4.78 is 0. The summed E-state index contributed by atoms with van der Waals surface area (Å²) >= 11 is 0. The summed E-state index contributed by atoms with van der Waals surface area (Å²) in [4.78, 5) is 37.1. The Kier molecular flexibility index (Phi) is 6.17. The number of carbonyl (C=O) groups excluding carboxylic acids is 2. The Balaban J connectivity index is 1.96. The molecule has 2 amide bonds. The van der Waals surface area contributed by atoms with Crippen LogP contribution in [-0.2, 0) is 16.1 Å². The molecule has 0 aliphatic heterocycles. The van der Waals surface area contributed by atoms with Crippen molar-refractivity contribution in [1.29, 1.82) is 0 Å². The first kappa shape index (κ1) is 19.0. The van der Waals surface area contributed by atoms with E-state index >= 15 is 0 Å². The van der Waals surface area contributed by atoms with Gasteiger partial charge in [0, 0.05) is 31.1 Å². The smallest absolute Gasteiger partial charge is 0.308 e. The zero-order valence-corrected chi connectivity index (χ0v) is 15.0. The molecule has 2 atom stereocenters. The monoisotopic (exact) mass is 346 g/mol. The van der Waals surface area contributed by atoms with Crippen LogP contribution in [0.1, 0.15) is 49.0 Å². The van der Waals surface area contributed by atoms with E-state index < -0.39 is 11.9 Å². The first-order valence-corrected chi connectivity index (χ1v) is 8.67. The summed E-state index contributed by atoms with van der Waals surface area (Å²) in [5, 5.41) is 12.0. The molecule has 1 aliphatic rings. The Hall–Kier alpha value is -2.37. The second-order valence-corrected chi connectivity index (χ2v) is 7.00. The maximum absolute atomic E-state index is 12.3. The highest BCUT2D eigenvalue weighted by molar-refractivity contribution is 5.94. The third-order valence-corrected chi connectivity index (χ3v) is 4.66. The highest BCUT2D eigenvalue weighted by atomic mass is 16.4. The van der Waals surface area contributed by atoms with Crippen LogP contribution >= 0.6 is 0 Å². The van der Waals surface area contributed by atoms with Crippen molar-refractivity contribution in [3.05, 3.63) is 35.4 Å². The van der Waals surface area contributed by atoms with Gasteiger partial charge in [-0.1, -0.05) is 32.4 Å². The van der Waals surface area contributed by atoms with Crippen LogP contribution in [0.25, 0.3) is 0 Å². The van der Waals surface area contributed by atoms with Crippen LogP contribution in [0.15, 0.2) is 24.3 Å². The van der Waals surface area contributed by atoms with Gasteiger partial charge in [-0.05, 0) is 30.5 Å². The van der Waals surface area contributed by atoms with E-state index in [2.05, 4.69) is 5.32 Å². The number of rotatable bonds is 6. The largest absolute Gasteiger partial charge is 0.481 e. The molecular formula is C19H26N2O4. The zero-order valence-electron chi connectivity index (χ0n) is 15.0. The molecule has 136 valence electrons. The molecule has 6 nitrogen and oxygen atoms in total. The van der Waals surface area contributed by atoms with Gasteiger partial charge in [-0.3, -0.25) is 14.4 Å². The normalized spacial score (nSPS) is 19.7. The molecule has 25 heavy (non-hydrogen) atoms. The van der Waals surface area contributed by atoms with Gasteiger partial charge in [0.15, 0.2) is 0 Å². The van der Waals surface area contributed by atoms with E-state index in [-0.39, 0.29) is 23.8 Å². The lowest BCUT2D eigenvalue weighted by molar-refractivity contribution is -0.142. The van der Waals surface area contributed by atoms with E-state index in [0.29, 0.717) is 24.9 Å². The van der Waals surface area contributed by atoms with Gasteiger partial charge >= 0.3 is 5.97 Å². The fourth-order valence-electron chi connectivity index (χ4n) is 3.23. The number of carboxylic acid groups (broad SMARTS) is 1. The maximum Gasteiger partial charge on any atom is 0.308 e. The molecule has 0 saturated heterocycles. The molecule has 0 radical (unpaired) electrons. The van der Waals surface area contributed by atoms with Gasteiger partial charge < -0.3 is 15.3 Å². The minimum absolute atomic E-state index is 0.0522. The molecule has 1 aliphatic carbocycles. The van der Waals surface area contributed by atoms with E-state index in [9.17, 15) is 19.5 Å². The second-order valence-electron chi connectivity index (χ2n) is 7.00. The quantitative estimate of drug-likeness (QED) is 0.827. The minimum Gasteiger partial charge on any atom is -0.481 e. The maximum atomic E-state index is 12.3. The van der Waals surface area contributed by atoms with Crippen LogP contribution in [0.3, 0.4) is 0 Å². The Morgan fingerprint density at radius 1 is 1.20 bits per heavy atom. The summed E-state index contributed by atoms with van der Waals surface area (Å²) in [6.07, 6.45) is 2.12. The Morgan fingerprint density at radius 2 is 1.84 bits per heavy atom. The first-order chi connectivity index (χ1) is 11.8. The summed E-state index contributed by atoms with van der Waals surface area (Å²) in [6.45, 7) is 4.21. The van der Waals surface area contributed by atoms with Crippen molar-refractivity contribution < 1.29 is 19.5 Å². The molecule has 2 rings (SSSR count). The van der Waals surface area contributed by atoms with Gasteiger partial charge in [0.05, 0.1) is 5.92 Å². The fourth-order valence-corrected chi connectivity index (χ4v) is 3.23. The number of carbonyl (C=O) groups is 3. The van der Waals surface area contributed by atoms with Gasteiger partial charge in [0.25, 0.3) is 5.91 Å². The molecule has 1 aromatic carbocycles. The molecule has 1 aromatic rings. The van der Waals surface area contributed by atoms with Crippen molar-refractivity contribution >= 4 is 17.8 Å². The molecule has 1 fully saturated rings. The number of hydrogen-bond donors (Lipinski definition) is 2. The Labute approximate surface area is 148 Å². The highest BCUT2D eigenvalue weighted by Crippen LogP contribution is 2.26. The number of amides is 2. The fraction of sp³-hybridized carbons (Fsp3) is 0.526. The predicted octanol–water partition coefficient (Wildman–Crippen LogP) is 2.28. The van der Waals surface area contributed by atoms with Crippen LogP contribution in [0.5, 0.6) is 0 Å². The van der Waals surface area contributed by atoms with E-state index in [4.69, 9.17) is 0 Å². The van der Waals surface area contributed by atoms with Crippen LogP contribution < -0.4 is 5.32 Å². The lowest BCUT2D eigenvalue weighted by atomic mass is 10.0. The molecule has 2 N–H and O–H groups in total. The topological polar surface area (TPSA) is 86.7 Å². The number of benzene rings is 1. The standard InChI is InChI=1S/C19H26N2O4/c1-12(2)18(23)21(3)11-13-7-9-14(10-8-13)17(22)20-16-6-4-5-15(16)19(24)25/h7-10,12,15-16H,4-6,11H2,1-3H3,(H,20,22)(H,24,25)/t15-,16+/m0/s1. The van der Waals surface area contributed by atoms with Gasteiger partial charge in [-0.25, -0.2) is 0 Å². The zero-order chi connectivity index (χ0) is 18.6. The summed E-state index contributed by atoms with van der Waals surface area (Å²) in [7, 11) is 1.76. The molecule has 0 aromatic heterocycles. The second kappa shape index (κ2) is 8.14. The van der Waals surface area contributed by atoms with Crippen LogP contribution in [0.4, 0.5) is 0 Å². The average Bonchev–Trinajstić information content (AvgIpc) is 3.02. The van der Waals surface area contributed by atoms with Gasteiger partial charge in [0.1, 0.15) is 0 Å². The predicted molar refractivity (Wildman–Crippen MR) is 94.0 cm³/mol. The Bertz CT molecular complexity index is 639. The van der Waals surface area contributed by atoms with Crippen LogP contribution in [-0.4, -0.2) is 40.9 Å². The summed E-state index contributed by atoms with van der Waals surface area (Å²) in [6, 6.07) is 6.76. The molecule has 0 bridgehead atoms. The van der Waals surface area contributed by atoms with E-state index in [0.717, 1.165) is 12.0 Å². The third kappa shape index (κ3) is 4.81. The number of carboxylic acids is 1. The minimum atomic E-state index is -0.851. The number of aliphatic carboxylic acids is 1. The molecular weight excluding hydrogens is 320 g/mol. The molecule has 1 saturated carbocycles. The molecule has 0 spiro atoms. The van der Waals surface area contributed by atoms with Gasteiger partial charge in [0.2, 0.25) is 5.91 Å². The van der Waals surface area contributed by atoms with E-state index in [1.807, 2.05) is 26.0 Å². The molecule has 0 heterocycles.